The van der Waals surface area contributed by atoms with E-state index in [1.165, 1.54) is 0 Å². The fraction of sp³-hybridized carbons (Fsp3) is 0.556. The van der Waals surface area contributed by atoms with Crippen LogP contribution < -0.4 is 25.4 Å². The van der Waals surface area contributed by atoms with Gasteiger partial charge in [-0.3, -0.25) is 4.79 Å². The summed E-state index contributed by atoms with van der Waals surface area (Å²) in [6.07, 6.45) is 0. The quantitative estimate of drug-likeness (QED) is 0.515. The highest BCUT2D eigenvalue weighted by molar-refractivity contribution is 5.86. The van der Waals surface area contributed by atoms with Crippen LogP contribution in [0.5, 0.6) is 11.5 Å². The molecule has 0 atom stereocenters. The van der Waals surface area contributed by atoms with Gasteiger partial charge in [-0.25, -0.2) is 4.99 Å². The topological polar surface area (TPSA) is 84.0 Å². The number of guanidine groups is 1. The summed E-state index contributed by atoms with van der Waals surface area (Å²) in [5.74, 6) is 1.81. The molecule has 1 rings (SSSR count). The molecule has 0 aromatic heterocycles. The molecule has 7 heteroatoms. The molecule has 0 radical (unpaired) electrons. The van der Waals surface area contributed by atoms with Crippen molar-refractivity contribution in [2.75, 3.05) is 27.3 Å². The number of aliphatic imine (C=N–C) groups is 1. The Morgan fingerprint density at radius 3 is 2.44 bits per heavy atom. The molecule has 7 nitrogen and oxygen atoms in total. The first-order valence-corrected chi connectivity index (χ1v) is 8.33. The molecule has 140 valence electrons. The molecule has 3 N–H and O–H groups in total. The lowest BCUT2D eigenvalue weighted by molar-refractivity contribution is -0.121. The normalized spacial score (nSPS) is 11.7. The molecule has 0 bridgehead atoms. The molecule has 25 heavy (non-hydrogen) atoms. The fourth-order valence-electron chi connectivity index (χ4n) is 2.21. The van der Waals surface area contributed by atoms with Crippen LogP contribution in [0, 0.1) is 0 Å². The molecule has 1 amide bonds. The van der Waals surface area contributed by atoms with Gasteiger partial charge in [0.25, 0.3) is 0 Å². The van der Waals surface area contributed by atoms with E-state index in [4.69, 9.17) is 9.47 Å². The lowest BCUT2D eigenvalue weighted by Gasteiger charge is -2.21. The maximum absolute atomic E-state index is 11.9. The third-order valence-corrected chi connectivity index (χ3v) is 3.17. The van der Waals surface area contributed by atoms with E-state index in [2.05, 4.69) is 20.9 Å². The number of nitrogens with one attached hydrogen (secondary N) is 3. The zero-order valence-corrected chi connectivity index (χ0v) is 16.0. The molecule has 0 fully saturated rings. The zero-order valence-electron chi connectivity index (χ0n) is 16.0. The number of carbonyl (C=O) groups is 1. The Morgan fingerprint density at radius 2 is 1.88 bits per heavy atom. The Bertz CT molecular complexity index is 594. The van der Waals surface area contributed by atoms with Gasteiger partial charge in [0, 0.05) is 17.6 Å². The lowest BCUT2D eigenvalue weighted by atomic mass is 10.1. The van der Waals surface area contributed by atoms with Crippen molar-refractivity contribution in [1.82, 2.24) is 16.0 Å². The summed E-state index contributed by atoms with van der Waals surface area (Å²) in [6, 6.07) is 5.66. The molecular formula is C18H30N4O3. The number of hydrogen-bond donors (Lipinski definition) is 3. The number of benzene rings is 1. The number of nitrogens with zero attached hydrogens (tertiary/aromatic N) is 1. The predicted octanol–water partition coefficient (Wildman–Crippen LogP) is 1.67. The molecule has 1 aromatic rings. The third-order valence-electron chi connectivity index (χ3n) is 3.17. The van der Waals surface area contributed by atoms with Crippen molar-refractivity contribution in [2.45, 2.75) is 39.8 Å². The maximum atomic E-state index is 11.9. The van der Waals surface area contributed by atoms with Crippen molar-refractivity contribution in [3.05, 3.63) is 23.8 Å². The number of rotatable bonds is 7. The molecule has 1 aromatic carbocycles. The fourth-order valence-corrected chi connectivity index (χ4v) is 2.21. The van der Waals surface area contributed by atoms with Gasteiger partial charge in [0.15, 0.2) is 17.5 Å². The van der Waals surface area contributed by atoms with Gasteiger partial charge in [-0.15, -0.1) is 0 Å². The third kappa shape index (κ3) is 7.32. The van der Waals surface area contributed by atoms with Crippen LogP contribution in [0.3, 0.4) is 0 Å². The van der Waals surface area contributed by atoms with E-state index in [9.17, 15) is 4.79 Å². The second kappa shape index (κ2) is 9.76. The van der Waals surface area contributed by atoms with Gasteiger partial charge < -0.3 is 25.4 Å². The van der Waals surface area contributed by atoms with E-state index in [0.717, 1.165) is 5.56 Å². The highest BCUT2D eigenvalue weighted by atomic mass is 16.5. The molecule has 0 saturated heterocycles. The molecule has 0 unspecified atom stereocenters. The molecule has 0 spiro atoms. The van der Waals surface area contributed by atoms with Crippen LogP contribution in [0.15, 0.2) is 23.2 Å². The molecule has 0 heterocycles. The molecule has 0 saturated carbocycles. The summed E-state index contributed by atoms with van der Waals surface area (Å²) in [5.41, 5.74) is 0.639. The van der Waals surface area contributed by atoms with Crippen molar-refractivity contribution < 1.29 is 14.3 Å². The van der Waals surface area contributed by atoms with E-state index in [1.54, 1.807) is 14.2 Å². The lowest BCUT2D eigenvalue weighted by Crippen LogP contribution is -2.48. The van der Waals surface area contributed by atoms with Crippen molar-refractivity contribution in [1.29, 1.82) is 0 Å². The van der Waals surface area contributed by atoms with Crippen LogP contribution in [0.25, 0.3) is 0 Å². The first kappa shape index (κ1) is 20.6. The summed E-state index contributed by atoms with van der Waals surface area (Å²) in [5, 5.41) is 9.06. The van der Waals surface area contributed by atoms with E-state index in [1.807, 2.05) is 45.9 Å². The molecular weight excluding hydrogens is 320 g/mol. The van der Waals surface area contributed by atoms with Crippen molar-refractivity contribution in [3.63, 3.8) is 0 Å². The molecule has 0 aliphatic rings. The predicted molar refractivity (Wildman–Crippen MR) is 100 cm³/mol. The second-order valence-corrected chi connectivity index (χ2v) is 6.50. The monoisotopic (exact) mass is 350 g/mol. The minimum Gasteiger partial charge on any atom is -0.493 e. The Balaban J connectivity index is 2.78. The number of ether oxygens (including phenoxy) is 2. The zero-order chi connectivity index (χ0) is 18.9. The van der Waals surface area contributed by atoms with E-state index < -0.39 is 0 Å². The van der Waals surface area contributed by atoms with Gasteiger partial charge in [0.05, 0.1) is 27.3 Å². The maximum Gasteiger partial charge on any atom is 0.239 e. The largest absolute Gasteiger partial charge is 0.493 e. The van der Waals surface area contributed by atoms with Crippen molar-refractivity contribution >= 4 is 11.9 Å². The van der Waals surface area contributed by atoms with Gasteiger partial charge >= 0.3 is 0 Å². The van der Waals surface area contributed by atoms with Crippen LogP contribution in [0.1, 0.15) is 33.3 Å². The van der Waals surface area contributed by atoms with E-state index in [-0.39, 0.29) is 18.0 Å². The summed E-state index contributed by atoms with van der Waals surface area (Å²) in [6.45, 7) is 9.05. The minimum absolute atomic E-state index is 0.0861. The molecule has 0 aliphatic carbocycles. The summed E-state index contributed by atoms with van der Waals surface area (Å²) in [4.78, 5) is 16.4. The van der Waals surface area contributed by atoms with Gasteiger partial charge in [-0.2, -0.15) is 0 Å². The number of carbonyl (C=O) groups excluding carboxylic acids is 1. The highest BCUT2D eigenvalue weighted by Crippen LogP contribution is 2.30. The van der Waals surface area contributed by atoms with Gasteiger partial charge in [0.2, 0.25) is 5.91 Å². The summed E-state index contributed by atoms with van der Waals surface area (Å²) >= 11 is 0. The Kier molecular flexibility index (Phi) is 8.04. The van der Waals surface area contributed by atoms with Crippen molar-refractivity contribution in [3.8, 4) is 11.5 Å². The second-order valence-electron chi connectivity index (χ2n) is 6.50. The standard InChI is InChI=1S/C18H30N4O3/c1-7-19-17(21-12-15(23)22-18(2,3)4)20-11-13-9-8-10-14(24-5)16(13)25-6/h8-10H,7,11-12H2,1-6H3,(H,22,23)(H2,19,20,21). The number of hydrogen-bond acceptors (Lipinski definition) is 4. The van der Waals surface area contributed by atoms with Crippen LogP contribution in [-0.2, 0) is 11.3 Å². The van der Waals surface area contributed by atoms with Gasteiger partial charge in [0.1, 0.15) is 0 Å². The summed E-state index contributed by atoms with van der Waals surface area (Å²) in [7, 11) is 3.20. The highest BCUT2D eigenvalue weighted by Gasteiger charge is 2.14. The molecule has 0 aliphatic heterocycles. The number of amides is 1. The van der Waals surface area contributed by atoms with E-state index >= 15 is 0 Å². The smallest absolute Gasteiger partial charge is 0.239 e. The van der Waals surface area contributed by atoms with Gasteiger partial charge in [-0.05, 0) is 33.8 Å². The van der Waals surface area contributed by atoms with E-state index in [0.29, 0.717) is 30.5 Å². The van der Waals surface area contributed by atoms with Crippen molar-refractivity contribution in [2.24, 2.45) is 4.99 Å². The SMILES string of the molecule is CCNC(=NCc1cccc(OC)c1OC)NCC(=O)NC(C)(C)C. The average molecular weight is 350 g/mol. The van der Waals surface area contributed by atoms with Crippen LogP contribution in [-0.4, -0.2) is 44.7 Å². The first-order valence-electron chi connectivity index (χ1n) is 8.33. The first-order chi connectivity index (χ1) is 11.8. The Hall–Kier alpha value is -2.44. The van der Waals surface area contributed by atoms with Crippen LogP contribution in [0.4, 0.5) is 0 Å². The summed E-state index contributed by atoms with van der Waals surface area (Å²) < 4.78 is 10.7. The average Bonchev–Trinajstić information content (AvgIpc) is 2.55. The Labute approximate surface area is 150 Å². The van der Waals surface area contributed by atoms with Crippen LogP contribution >= 0.6 is 0 Å². The minimum atomic E-state index is -0.262. The number of para-hydroxylation sites is 1. The van der Waals surface area contributed by atoms with Gasteiger partial charge in [-0.1, -0.05) is 12.1 Å². The Morgan fingerprint density at radius 1 is 1.16 bits per heavy atom. The van der Waals surface area contributed by atoms with Crippen LogP contribution in [0.2, 0.25) is 0 Å². The number of methoxy groups -OCH3 is 2.